The summed E-state index contributed by atoms with van der Waals surface area (Å²) in [5.41, 5.74) is 0.347. The summed E-state index contributed by atoms with van der Waals surface area (Å²) in [7, 11) is 0. The average molecular weight is 276 g/mol. The first-order valence-corrected chi connectivity index (χ1v) is 5.11. The molecule has 15 heavy (non-hydrogen) atoms. The molecule has 0 aliphatic rings. The van der Waals surface area contributed by atoms with Gasteiger partial charge in [-0.3, -0.25) is 9.59 Å². The van der Waals surface area contributed by atoms with Crippen LogP contribution in [0.15, 0.2) is 21.4 Å². The minimum atomic E-state index is -0.467. The van der Waals surface area contributed by atoms with Gasteiger partial charge in [0.1, 0.15) is 6.54 Å². The fourth-order valence-corrected chi connectivity index (χ4v) is 1.34. The molecule has 0 spiro atoms. The third-order valence-electron chi connectivity index (χ3n) is 1.56. The highest BCUT2D eigenvalue weighted by Gasteiger charge is 2.13. The van der Waals surface area contributed by atoms with Crippen LogP contribution in [-0.4, -0.2) is 25.0 Å². The number of nitrogens with one attached hydrogen (secondary N) is 1. The third kappa shape index (κ3) is 3.39. The summed E-state index contributed by atoms with van der Waals surface area (Å²) < 4.78 is 9.87. The van der Waals surface area contributed by atoms with Crippen molar-refractivity contribution in [2.75, 3.05) is 13.2 Å². The Morgan fingerprint density at radius 2 is 2.33 bits per heavy atom. The molecule has 1 aromatic rings. The van der Waals surface area contributed by atoms with Crippen molar-refractivity contribution in [3.8, 4) is 0 Å². The second kappa shape index (κ2) is 5.55. The minimum Gasteiger partial charge on any atom is -0.465 e. The van der Waals surface area contributed by atoms with Gasteiger partial charge in [-0.1, -0.05) is 0 Å². The first-order chi connectivity index (χ1) is 7.15. The summed E-state index contributed by atoms with van der Waals surface area (Å²) in [5, 5.41) is 2.41. The Morgan fingerprint density at radius 3 is 2.87 bits per heavy atom. The van der Waals surface area contributed by atoms with Gasteiger partial charge in [0.15, 0.2) is 4.67 Å². The van der Waals surface area contributed by atoms with Gasteiger partial charge in [0.25, 0.3) is 5.91 Å². The van der Waals surface area contributed by atoms with E-state index in [9.17, 15) is 9.59 Å². The Kier molecular flexibility index (Phi) is 4.36. The van der Waals surface area contributed by atoms with Crippen molar-refractivity contribution in [3.63, 3.8) is 0 Å². The van der Waals surface area contributed by atoms with E-state index in [0.29, 0.717) is 16.8 Å². The van der Waals surface area contributed by atoms with Crippen LogP contribution in [0.25, 0.3) is 0 Å². The van der Waals surface area contributed by atoms with Crippen molar-refractivity contribution in [3.05, 3.63) is 22.6 Å². The second-order valence-electron chi connectivity index (χ2n) is 2.60. The van der Waals surface area contributed by atoms with Crippen LogP contribution in [0.1, 0.15) is 17.3 Å². The predicted molar refractivity (Wildman–Crippen MR) is 55.4 cm³/mol. The van der Waals surface area contributed by atoms with E-state index in [1.807, 2.05) is 0 Å². The Bertz CT molecular complexity index is 361. The summed E-state index contributed by atoms with van der Waals surface area (Å²) >= 11 is 3.06. The maximum absolute atomic E-state index is 11.4. The number of halogens is 1. The SMILES string of the molecule is CCOC(=O)CNC(=O)c1ccoc1Br. The monoisotopic (exact) mass is 275 g/mol. The van der Waals surface area contributed by atoms with Gasteiger partial charge < -0.3 is 14.5 Å². The molecule has 0 aliphatic carbocycles. The standard InChI is InChI=1S/C9H10BrNO4/c1-2-14-7(12)5-11-9(13)6-3-4-15-8(6)10/h3-4H,2,5H2,1H3,(H,11,13). The molecule has 1 amide bonds. The molecule has 0 saturated carbocycles. The van der Waals surface area contributed by atoms with E-state index in [4.69, 9.17) is 4.42 Å². The van der Waals surface area contributed by atoms with Crippen LogP contribution in [0.2, 0.25) is 0 Å². The number of hydrogen-bond acceptors (Lipinski definition) is 4. The summed E-state index contributed by atoms with van der Waals surface area (Å²) in [4.78, 5) is 22.4. The van der Waals surface area contributed by atoms with Gasteiger partial charge in [-0.05, 0) is 28.9 Å². The zero-order valence-corrected chi connectivity index (χ0v) is 9.67. The van der Waals surface area contributed by atoms with E-state index in [-0.39, 0.29) is 12.5 Å². The highest BCUT2D eigenvalue weighted by molar-refractivity contribution is 9.10. The molecule has 0 unspecified atom stereocenters. The lowest BCUT2D eigenvalue weighted by molar-refractivity contribution is -0.141. The van der Waals surface area contributed by atoms with Crippen molar-refractivity contribution in [1.29, 1.82) is 0 Å². The normalized spacial score (nSPS) is 9.73. The van der Waals surface area contributed by atoms with E-state index in [1.165, 1.54) is 12.3 Å². The van der Waals surface area contributed by atoms with Crippen LogP contribution in [0, 0.1) is 0 Å². The van der Waals surface area contributed by atoms with Crippen LogP contribution in [0.3, 0.4) is 0 Å². The Hall–Kier alpha value is -1.30. The van der Waals surface area contributed by atoms with Crippen LogP contribution < -0.4 is 5.32 Å². The van der Waals surface area contributed by atoms with Crippen molar-refractivity contribution in [1.82, 2.24) is 5.32 Å². The number of carbonyl (C=O) groups is 2. The molecule has 1 heterocycles. The summed E-state index contributed by atoms with van der Waals surface area (Å²) in [6, 6.07) is 1.50. The molecule has 0 bridgehead atoms. The van der Waals surface area contributed by atoms with Crippen LogP contribution in [-0.2, 0) is 9.53 Å². The molecule has 0 atom stereocenters. The summed E-state index contributed by atoms with van der Waals surface area (Å²) in [6.45, 7) is 1.85. The minimum absolute atomic E-state index is 0.149. The molecule has 5 nitrogen and oxygen atoms in total. The molecule has 0 aromatic carbocycles. The lowest BCUT2D eigenvalue weighted by Gasteiger charge is -2.03. The van der Waals surface area contributed by atoms with Gasteiger partial charge in [0.05, 0.1) is 18.4 Å². The van der Waals surface area contributed by atoms with E-state index < -0.39 is 5.97 Å². The van der Waals surface area contributed by atoms with Gasteiger partial charge in [-0.15, -0.1) is 0 Å². The van der Waals surface area contributed by atoms with E-state index >= 15 is 0 Å². The fraction of sp³-hybridized carbons (Fsp3) is 0.333. The predicted octanol–water partition coefficient (Wildman–Crippen LogP) is 1.33. The quantitative estimate of drug-likeness (QED) is 0.842. The van der Waals surface area contributed by atoms with Crippen LogP contribution in [0.5, 0.6) is 0 Å². The van der Waals surface area contributed by atoms with Crippen molar-refractivity contribution >= 4 is 27.8 Å². The molecule has 1 N–H and O–H groups in total. The molecule has 1 aromatic heterocycles. The van der Waals surface area contributed by atoms with E-state index in [1.54, 1.807) is 6.92 Å². The number of esters is 1. The van der Waals surface area contributed by atoms with Crippen molar-refractivity contribution in [2.45, 2.75) is 6.92 Å². The zero-order chi connectivity index (χ0) is 11.3. The molecule has 0 aliphatic heterocycles. The summed E-state index contributed by atoms with van der Waals surface area (Å²) in [5.74, 6) is -0.853. The number of ether oxygens (including phenoxy) is 1. The topological polar surface area (TPSA) is 68.5 Å². The maximum Gasteiger partial charge on any atom is 0.325 e. The molecule has 1 rings (SSSR count). The van der Waals surface area contributed by atoms with Crippen LogP contribution in [0.4, 0.5) is 0 Å². The molecule has 6 heteroatoms. The van der Waals surface area contributed by atoms with E-state index in [2.05, 4.69) is 26.0 Å². The number of rotatable bonds is 4. The molecule has 0 fully saturated rings. The van der Waals surface area contributed by atoms with Crippen molar-refractivity contribution < 1.29 is 18.7 Å². The highest BCUT2D eigenvalue weighted by Crippen LogP contribution is 2.16. The molecular weight excluding hydrogens is 266 g/mol. The van der Waals surface area contributed by atoms with Gasteiger partial charge >= 0.3 is 5.97 Å². The first-order valence-electron chi connectivity index (χ1n) is 4.32. The average Bonchev–Trinajstić information content (AvgIpc) is 2.61. The lowest BCUT2D eigenvalue weighted by atomic mass is 10.3. The molecule has 0 saturated heterocycles. The fourth-order valence-electron chi connectivity index (χ4n) is 0.915. The van der Waals surface area contributed by atoms with Gasteiger partial charge in [-0.2, -0.15) is 0 Å². The lowest BCUT2D eigenvalue weighted by Crippen LogP contribution is -2.30. The number of hydrogen-bond donors (Lipinski definition) is 1. The van der Waals surface area contributed by atoms with Gasteiger partial charge in [0.2, 0.25) is 0 Å². The zero-order valence-electron chi connectivity index (χ0n) is 8.08. The van der Waals surface area contributed by atoms with E-state index in [0.717, 1.165) is 0 Å². The second-order valence-corrected chi connectivity index (χ2v) is 3.32. The molecular formula is C9H10BrNO4. The third-order valence-corrected chi connectivity index (χ3v) is 2.18. The Labute approximate surface area is 94.9 Å². The van der Waals surface area contributed by atoms with Gasteiger partial charge in [0, 0.05) is 0 Å². The highest BCUT2D eigenvalue weighted by atomic mass is 79.9. The largest absolute Gasteiger partial charge is 0.465 e. The van der Waals surface area contributed by atoms with Crippen molar-refractivity contribution in [2.24, 2.45) is 0 Å². The molecule has 82 valence electrons. The van der Waals surface area contributed by atoms with Crippen LogP contribution >= 0.6 is 15.9 Å². The maximum atomic E-state index is 11.4. The first kappa shape index (κ1) is 11.8. The number of amides is 1. The Balaban J connectivity index is 2.44. The molecule has 0 radical (unpaired) electrons. The smallest absolute Gasteiger partial charge is 0.325 e. The number of furan rings is 1. The summed E-state index contributed by atoms with van der Waals surface area (Å²) in [6.07, 6.45) is 1.38. The number of carbonyl (C=O) groups excluding carboxylic acids is 2. The van der Waals surface area contributed by atoms with Gasteiger partial charge in [-0.25, -0.2) is 0 Å². The Morgan fingerprint density at radius 1 is 1.60 bits per heavy atom.